The molecule has 5 heteroatoms. The summed E-state index contributed by atoms with van der Waals surface area (Å²) in [6.45, 7) is 7.33. The van der Waals surface area contributed by atoms with E-state index in [2.05, 4.69) is 29.9 Å². The number of nitrogens with zero attached hydrogens (tertiary/aromatic N) is 3. The van der Waals surface area contributed by atoms with Crippen molar-refractivity contribution in [3.8, 4) is 0 Å². The molecule has 1 saturated heterocycles. The van der Waals surface area contributed by atoms with Crippen LogP contribution in [0.4, 0.5) is 4.39 Å². The van der Waals surface area contributed by atoms with Crippen LogP contribution in [0.1, 0.15) is 37.3 Å². The summed E-state index contributed by atoms with van der Waals surface area (Å²) in [5, 5.41) is 4.59. The predicted molar refractivity (Wildman–Crippen MR) is 83.0 cm³/mol. The summed E-state index contributed by atoms with van der Waals surface area (Å²) in [4.78, 5) is 2.31. The molecule has 0 saturated carbocycles. The van der Waals surface area contributed by atoms with Gasteiger partial charge in [0.15, 0.2) is 0 Å². The van der Waals surface area contributed by atoms with Crippen LogP contribution in [0.3, 0.4) is 0 Å². The smallest absolute Gasteiger partial charge is 0.123 e. The molecule has 2 heterocycles. The van der Waals surface area contributed by atoms with Crippen LogP contribution in [0.2, 0.25) is 0 Å². The highest BCUT2D eigenvalue weighted by atomic mass is 19.1. The number of rotatable bonds is 4. The molecule has 0 spiro atoms. The number of hydrogen-bond donors (Lipinski definition) is 0. The summed E-state index contributed by atoms with van der Waals surface area (Å²) in [6, 6.07) is 9.11. The van der Waals surface area contributed by atoms with E-state index in [-0.39, 0.29) is 11.9 Å². The van der Waals surface area contributed by atoms with Gasteiger partial charge in [-0.1, -0.05) is 12.1 Å². The van der Waals surface area contributed by atoms with Gasteiger partial charge in [0.05, 0.1) is 18.4 Å². The maximum Gasteiger partial charge on any atom is 0.123 e. The second-order valence-corrected chi connectivity index (χ2v) is 6.03. The van der Waals surface area contributed by atoms with Crippen LogP contribution in [-0.2, 0) is 11.3 Å². The Kier molecular flexibility index (Phi) is 4.55. The third kappa shape index (κ3) is 3.54. The van der Waals surface area contributed by atoms with Gasteiger partial charge in [-0.05, 0) is 37.6 Å². The lowest BCUT2D eigenvalue weighted by molar-refractivity contribution is -0.0334. The fraction of sp³-hybridized carbons (Fsp3) is 0.471. The molecule has 4 nitrogen and oxygen atoms in total. The zero-order chi connectivity index (χ0) is 15.5. The molecule has 1 fully saturated rings. The molecule has 1 aromatic heterocycles. The Labute approximate surface area is 130 Å². The lowest BCUT2D eigenvalue weighted by atomic mass is 10.1. The maximum atomic E-state index is 13.4. The molecule has 1 aliphatic heterocycles. The minimum Gasteiger partial charge on any atom is -0.371 e. The quantitative estimate of drug-likeness (QED) is 0.869. The van der Waals surface area contributed by atoms with E-state index in [0.29, 0.717) is 12.6 Å². The normalized spacial score (nSPS) is 19.7. The van der Waals surface area contributed by atoms with E-state index >= 15 is 0 Å². The first-order valence-electron chi connectivity index (χ1n) is 7.75. The highest BCUT2D eigenvalue weighted by molar-refractivity contribution is 5.19. The molecule has 22 heavy (non-hydrogen) atoms. The number of ether oxygens (including phenoxy) is 1. The number of benzene rings is 1. The van der Waals surface area contributed by atoms with Crippen molar-refractivity contribution in [3.63, 3.8) is 0 Å². The fourth-order valence-corrected chi connectivity index (χ4v) is 2.73. The first kappa shape index (κ1) is 15.2. The summed E-state index contributed by atoms with van der Waals surface area (Å²) in [5.74, 6) is -0.214. The van der Waals surface area contributed by atoms with Crippen molar-refractivity contribution in [3.05, 3.63) is 53.6 Å². The fourth-order valence-electron chi connectivity index (χ4n) is 2.73. The molecule has 1 aliphatic rings. The molecule has 1 aromatic carbocycles. The molecule has 0 bridgehead atoms. The van der Waals surface area contributed by atoms with Crippen LogP contribution < -0.4 is 0 Å². The monoisotopic (exact) mass is 303 g/mol. The molecule has 1 unspecified atom stereocenters. The lowest BCUT2D eigenvalue weighted by Crippen LogP contribution is -2.38. The zero-order valence-corrected chi connectivity index (χ0v) is 13.1. The van der Waals surface area contributed by atoms with Gasteiger partial charge in [-0.3, -0.25) is 9.58 Å². The van der Waals surface area contributed by atoms with Gasteiger partial charge in [-0.2, -0.15) is 5.10 Å². The van der Waals surface area contributed by atoms with E-state index in [4.69, 9.17) is 4.74 Å². The Morgan fingerprint density at radius 2 is 2.23 bits per heavy atom. The van der Waals surface area contributed by atoms with Crippen molar-refractivity contribution in [2.24, 2.45) is 0 Å². The van der Waals surface area contributed by atoms with Gasteiger partial charge < -0.3 is 4.74 Å². The minimum atomic E-state index is -0.214. The second kappa shape index (κ2) is 6.58. The first-order chi connectivity index (χ1) is 10.6. The third-order valence-electron chi connectivity index (χ3n) is 3.95. The molecule has 118 valence electrons. The number of morpholine rings is 1. The molecule has 1 atom stereocenters. The average molecular weight is 303 g/mol. The van der Waals surface area contributed by atoms with Crippen molar-refractivity contribution >= 4 is 0 Å². The van der Waals surface area contributed by atoms with E-state index in [1.165, 1.54) is 6.07 Å². The third-order valence-corrected chi connectivity index (χ3v) is 3.95. The predicted octanol–water partition coefficient (Wildman–Crippen LogP) is 3.18. The highest BCUT2D eigenvalue weighted by Crippen LogP contribution is 2.23. The van der Waals surface area contributed by atoms with E-state index in [1.54, 1.807) is 12.1 Å². The Morgan fingerprint density at radius 3 is 2.95 bits per heavy atom. The summed E-state index contributed by atoms with van der Waals surface area (Å²) in [7, 11) is 0. The van der Waals surface area contributed by atoms with Crippen molar-refractivity contribution in [1.29, 1.82) is 0 Å². The Hall–Kier alpha value is -1.72. The standard InChI is InChI=1S/C17H22FN3O/c1-13(2)21-7-6-16(19-21)11-20-8-9-22-17(12-20)14-4-3-5-15(18)10-14/h3-7,10,13,17H,8-9,11-12H2,1-2H3. The summed E-state index contributed by atoms with van der Waals surface area (Å²) >= 11 is 0. The van der Waals surface area contributed by atoms with Gasteiger partial charge in [0.25, 0.3) is 0 Å². The Bertz CT molecular complexity index is 626. The summed E-state index contributed by atoms with van der Waals surface area (Å²) in [6.07, 6.45) is 1.95. The molecular weight excluding hydrogens is 281 g/mol. The van der Waals surface area contributed by atoms with E-state index < -0.39 is 0 Å². The Balaban J connectivity index is 1.65. The number of hydrogen-bond acceptors (Lipinski definition) is 3. The van der Waals surface area contributed by atoms with Crippen molar-refractivity contribution in [2.75, 3.05) is 19.7 Å². The van der Waals surface area contributed by atoms with Crippen LogP contribution in [0, 0.1) is 5.82 Å². The molecule has 0 radical (unpaired) electrons. The van der Waals surface area contributed by atoms with Crippen LogP contribution in [0.15, 0.2) is 36.5 Å². The second-order valence-electron chi connectivity index (χ2n) is 6.03. The Morgan fingerprint density at radius 1 is 1.36 bits per heavy atom. The van der Waals surface area contributed by atoms with Crippen LogP contribution in [-0.4, -0.2) is 34.4 Å². The van der Waals surface area contributed by atoms with Gasteiger partial charge in [0.2, 0.25) is 0 Å². The number of aromatic nitrogens is 2. The van der Waals surface area contributed by atoms with Crippen molar-refractivity contribution < 1.29 is 9.13 Å². The lowest BCUT2D eigenvalue weighted by Gasteiger charge is -2.32. The maximum absolute atomic E-state index is 13.4. The van der Waals surface area contributed by atoms with Crippen LogP contribution >= 0.6 is 0 Å². The van der Waals surface area contributed by atoms with Crippen LogP contribution in [0.25, 0.3) is 0 Å². The summed E-state index contributed by atoms with van der Waals surface area (Å²) in [5.41, 5.74) is 1.96. The van der Waals surface area contributed by atoms with Crippen LogP contribution in [0.5, 0.6) is 0 Å². The van der Waals surface area contributed by atoms with Gasteiger partial charge in [-0.15, -0.1) is 0 Å². The largest absolute Gasteiger partial charge is 0.371 e. The highest BCUT2D eigenvalue weighted by Gasteiger charge is 2.22. The van der Waals surface area contributed by atoms with Crippen molar-refractivity contribution in [1.82, 2.24) is 14.7 Å². The molecule has 0 aliphatic carbocycles. The van der Waals surface area contributed by atoms with Gasteiger partial charge in [0.1, 0.15) is 5.82 Å². The minimum absolute atomic E-state index is 0.0726. The van der Waals surface area contributed by atoms with E-state index in [9.17, 15) is 4.39 Å². The topological polar surface area (TPSA) is 30.3 Å². The SMILES string of the molecule is CC(C)n1ccc(CN2CCOC(c3cccc(F)c3)C2)n1. The van der Waals surface area contributed by atoms with Crippen molar-refractivity contribution in [2.45, 2.75) is 32.5 Å². The molecule has 0 N–H and O–H groups in total. The van der Waals surface area contributed by atoms with E-state index in [0.717, 1.165) is 30.9 Å². The molecular formula is C17H22FN3O. The zero-order valence-electron chi connectivity index (χ0n) is 13.1. The average Bonchev–Trinajstić information content (AvgIpc) is 2.96. The summed E-state index contributed by atoms with van der Waals surface area (Å²) < 4.78 is 21.1. The molecule has 0 amide bonds. The van der Waals surface area contributed by atoms with Gasteiger partial charge in [-0.25, -0.2) is 4.39 Å². The van der Waals surface area contributed by atoms with E-state index in [1.807, 2.05) is 16.9 Å². The van der Waals surface area contributed by atoms with Gasteiger partial charge in [0, 0.05) is 31.9 Å². The number of halogens is 1. The first-order valence-corrected chi connectivity index (χ1v) is 7.75. The molecule has 2 aromatic rings. The van der Waals surface area contributed by atoms with Gasteiger partial charge >= 0.3 is 0 Å². The molecule has 3 rings (SSSR count).